The Morgan fingerprint density at radius 2 is 1.92 bits per heavy atom. The number of nitrogens with zero attached hydrogens (tertiary/aromatic N) is 1. The van der Waals surface area contributed by atoms with E-state index in [1.807, 2.05) is 18.2 Å². The maximum Gasteiger partial charge on any atom is 0.238 e. The van der Waals surface area contributed by atoms with Crippen LogP contribution in [0.4, 0.5) is 5.69 Å². The SMILES string of the molecule is Cl.NC[C@@H]1CN(CC(=O)Nc2cccc(Cl)c2)C[C@H]1c1ccccc1. The van der Waals surface area contributed by atoms with Gasteiger partial charge in [0.1, 0.15) is 0 Å². The summed E-state index contributed by atoms with van der Waals surface area (Å²) in [5, 5.41) is 3.51. The fraction of sp³-hybridized carbons (Fsp3) is 0.316. The Kier molecular flexibility index (Phi) is 7.26. The molecule has 0 bridgehead atoms. The average molecular weight is 380 g/mol. The number of nitrogens with one attached hydrogen (secondary N) is 1. The first kappa shape index (κ1) is 19.7. The predicted molar refractivity (Wildman–Crippen MR) is 105 cm³/mol. The molecule has 1 aliphatic heterocycles. The van der Waals surface area contributed by atoms with Crippen LogP contribution in [0.15, 0.2) is 54.6 Å². The van der Waals surface area contributed by atoms with Gasteiger partial charge in [-0.15, -0.1) is 12.4 Å². The molecule has 0 aromatic heterocycles. The van der Waals surface area contributed by atoms with Crippen LogP contribution < -0.4 is 11.1 Å². The van der Waals surface area contributed by atoms with E-state index >= 15 is 0 Å². The lowest BCUT2D eigenvalue weighted by Gasteiger charge is -2.16. The highest BCUT2D eigenvalue weighted by atomic mass is 35.5. The molecule has 0 saturated carbocycles. The van der Waals surface area contributed by atoms with E-state index in [0.717, 1.165) is 18.8 Å². The lowest BCUT2D eigenvalue weighted by Crippen LogP contribution is -2.32. The maximum absolute atomic E-state index is 12.3. The van der Waals surface area contributed by atoms with E-state index < -0.39 is 0 Å². The Labute approximate surface area is 159 Å². The molecule has 3 N–H and O–H groups in total. The highest BCUT2D eigenvalue weighted by Crippen LogP contribution is 2.31. The molecule has 1 heterocycles. The standard InChI is InChI=1S/C19H22ClN3O.ClH/c20-16-7-4-8-17(9-16)22-19(24)13-23-11-15(10-21)18(12-23)14-5-2-1-3-6-14;/h1-9,15,18H,10-13,21H2,(H,22,24);1H/t15-,18+;/m1./s1. The molecule has 0 spiro atoms. The predicted octanol–water partition coefficient (Wildman–Crippen LogP) is 3.37. The molecule has 6 heteroatoms. The number of anilines is 1. The van der Waals surface area contributed by atoms with Gasteiger partial charge in [0.2, 0.25) is 5.91 Å². The molecule has 0 unspecified atom stereocenters. The van der Waals surface area contributed by atoms with Gasteiger partial charge in [0.25, 0.3) is 0 Å². The minimum atomic E-state index is -0.0262. The minimum Gasteiger partial charge on any atom is -0.330 e. The second kappa shape index (κ2) is 9.20. The Morgan fingerprint density at radius 1 is 1.16 bits per heavy atom. The molecule has 2 aromatic rings. The highest BCUT2D eigenvalue weighted by Gasteiger charge is 2.33. The van der Waals surface area contributed by atoms with E-state index in [2.05, 4.69) is 34.5 Å². The summed E-state index contributed by atoms with van der Waals surface area (Å²) >= 11 is 5.95. The molecule has 1 aliphatic rings. The lowest BCUT2D eigenvalue weighted by atomic mass is 9.89. The van der Waals surface area contributed by atoms with Crippen molar-refractivity contribution in [3.05, 3.63) is 65.2 Å². The molecular weight excluding hydrogens is 357 g/mol. The summed E-state index contributed by atoms with van der Waals surface area (Å²) in [6.45, 7) is 2.70. The van der Waals surface area contributed by atoms with Crippen LogP contribution in [0.1, 0.15) is 11.5 Å². The fourth-order valence-corrected chi connectivity index (χ4v) is 3.57. The third-order valence-corrected chi connectivity index (χ3v) is 4.76. The topological polar surface area (TPSA) is 58.4 Å². The van der Waals surface area contributed by atoms with E-state index in [0.29, 0.717) is 29.9 Å². The number of likely N-dealkylation sites (tertiary alicyclic amines) is 1. The molecular formula is C19H23Cl2N3O. The van der Waals surface area contributed by atoms with Crippen molar-refractivity contribution in [2.75, 3.05) is 31.5 Å². The summed E-state index contributed by atoms with van der Waals surface area (Å²) in [6, 6.07) is 17.6. The van der Waals surface area contributed by atoms with Crippen molar-refractivity contribution >= 4 is 35.6 Å². The smallest absolute Gasteiger partial charge is 0.238 e. The third-order valence-electron chi connectivity index (χ3n) is 4.52. The van der Waals surface area contributed by atoms with Crippen LogP contribution in [0.2, 0.25) is 5.02 Å². The highest BCUT2D eigenvalue weighted by molar-refractivity contribution is 6.30. The molecule has 3 rings (SSSR count). The molecule has 0 radical (unpaired) electrons. The molecule has 2 aromatic carbocycles. The minimum absolute atomic E-state index is 0. The van der Waals surface area contributed by atoms with Gasteiger partial charge in [0, 0.05) is 29.7 Å². The zero-order valence-electron chi connectivity index (χ0n) is 13.9. The van der Waals surface area contributed by atoms with Gasteiger partial charge < -0.3 is 11.1 Å². The molecule has 1 fully saturated rings. The fourth-order valence-electron chi connectivity index (χ4n) is 3.38. The van der Waals surface area contributed by atoms with Crippen LogP contribution >= 0.6 is 24.0 Å². The van der Waals surface area contributed by atoms with E-state index in [-0.39, 0.29) is 18.3 Å². The van der Waals surface area contributed by atoms with Crippen molar-refractivity contribution < 1.29 is 4.79 Å². The first-order valence-electron chi connectivity index (χ1n) is 8.18. The van der Waals surface area contributed by atoms with Gasteiger partial charge in [-0.2, -0.15) is 0 Å². The summed E-state index contributed by atoms with van der Waals surface area (Å²) < 4.78 is 0. The number of benzene rings is 2. The largest absolute Gasteiger partial charge is 0.330 e. The van der Waals surface area contributed by atoms with Crippen LogP contribution in [0.25, 0.3) is 0 Å². The van der Waals surface area contributed by atoms with E-state index in [1.54, 1.807) is 12.1 Å². The summed E-state index contributed by atoms with van der Waals surface area (Å²) in [6.07, 6.45) is 0. The normalized spacial score (nSPS) is 20.1. The molecule has 1 amide bonds. The van der Waals surface area contributed by atoms with Gasteiger partial charge >= 0.3 is 0 Å². The quantitative estimate of drug-likeness (QED) is 0.836. The van der Waals surface area contributed by atoms with E-state index in [9.17, 15) is 4.79 Å². The Morgan fingerprint density at radius 3 is 2.60 bits per heavy atom. The van der Waals surface area contributed by atoms with Crippen LogP contribution in [0.5, 0.6) is 0 Å². The number of halogens is 2. The average Bonchev–Trinajstić information content (AvgIpc) is 2.98. The van der Waals surface area contributed by atoms with Gasteiger partial charge in [-0.25, -0.2) is 0 Å². The molecule has 25 heavy (non-hydrogen) atoms. The number of hydrogen-bond donors (Lipinski definition) is 2. The number of carbonyl (C=O) groups is 1. The van der Waals surface area contributed by atoms with E-state index in [1.165, 1.54) is 5.56 Å². The number of hydrogen-bond acceptors (Lipinski definition) is 3. The third kappa shape index (κ3) is 5.19. The van der Waals surface area contributed by atoms with Crippen LogP contribution in [0, 0.1) is 5.92 Å². The molecule has 4 nitrogen and oxygen atoms in total. The lowest BCUT2D eigenvalue weighted by molar-refractivity contribution is -0.117. The second-order valence-electron chi connectivity index (χ2n) is 6.27. The number of nitrogens with two attached hydrogens (primary N) is 1. The van der Waals surface area contributed by atoms with Gasteiger partial charge in [-0.1, -0.05) is 48.0 Å². The Balaban J connectivity index is 0.00000225. The molecule has 0 aliphatic carbocycles. The first-order chi connectivity index (χ1) is 11.7. The van der Waals surface area contributed by atoms with E-state index in [4.69, 9.17) is 17.3 Å². The van der Waals surface area contributed by atoms with Crippen molar-refractivity contribution in [1.82, 2.24) is 4.90 Å². The maximum atomic E-state index is 12.3. The molecule has 1 saturated heterocycles. The molecule has 134 valence electrons. The van der Waals surface area contributed by atoms with Gasteiger partial charge in [0.15, 0.2) is 0 Å². The first-order valence-corrected chi connectivity index (χ1v) is 8.56. The van der Waals surface area contributed by atoms with Gasteiger partial charge in [0.05, 0.1) is 6.54 Å². The van der Waals surface area contributed by atoms with Crippen molar-refractivity contribution in [3.8, 4) is 0 Å². The summed E-state index contributed by atoms with van der Waals surface area (Å²) in [4.78, 5) is 14.5. The monoisotopic (exact) mass is 379 g/mol. The van der Waals surface area contributed by atoms with Crippen LogP contribution in [-0.4, -0.2) is 37.0 Å². The summed E-state index contributed by atoms with van der Waals surface area (Å²) in [7, 11) is 0. The van der Waals surface area contributed by atoms with Gasteiger partial charge in [-0.3, -0.25) is 9.69 Å². The number of amides is 1. The zero-order chi connectivity index (χ0) is 16.9. The number of carbonyl (C=O) groups excluding carboxylic acids is 1. The van der Waals surface area contributed by atoms with Crippen molar-refractivity contribution in [1.29, 1.82) is 0 Å². The summed E-state index contributed by atoms with van der Waals surface area (Å²) in [5.74, 6) is 0.739. The zero-order valence-corrected chi connectivity index (χ0v) is 15.5. The number of rotatable bonds is 5. The van der Waals surface area contributed by atoms with Crippen molar-refractivity contribution in [2.45, 2.75) is 5.92 Å². The van der Waals surface area contributed by atoms with Crippen LogP contribution in [0.3, 0.4) is 0 Å². The summed E-state index contributed by atoms with van der Waals surface area (Å²) in [5.41, 5.74) is 7.97. The van der Waals surface area contributed by atoms with Crippen molar-refractivity contribution in [2.24, 2.45) is 11.7 Å². The van der Waals surface area contributed by atoms with Crippen molar-refractivity contribution in [3.63, 3.8) is 0 Å². The second-order valence-corrected chi connectivity index (χ2v) is 6.70. The van der Waals surface area contributed by atoms with Crippen LogP contribution in [-0.2, 0) is 4.79 Å². The Hall–Kier alpha value is -1.59. The molecule has 2 atom stereocenters. The van der Waals surface area contributed by atoms with Gasteiger partial charge in [-0.05, 0) is 36.2 Å². The Bertz CT molecular complexity index is 696.